The topological polar surface area (TPSA) is 81.0 Å². The molecule has 1 aliphatic heterocycles. The molecule has 2 amide bonds. The molecule has 1 aromatic rings. The van der Waals surface area contributed by atoms with Crippen LogP contribution in [0.5, 0.6) is 0 Å². The van der Waals surface area contributed by atoms with Gasteiger partial charge in [0.15, 0.2) is 0 Å². The van der Waals surface area contributed by atoms with Crippen LogP contribution in [0.25, 0.3) is 0 Å². The summed E-state index contributed by atoms with van der Waals surface area (Å²) in [6, 6.07) is 0.0216. The van der Waals surface area contributed by atoms with Crippen LogP contribution in [0.1, 0.15) is 45.4 Å². The molecule has 1 aliphatic rings. The minimum absolute atomic E-state index is 0.0197. The van der Waals surface area contributed by atoms with Crippen molar-refractivity contribution in [3.63, 3.8) is 0 Å². The molecule has 1 atom stereocenters. The fraction of sp³-hybridized carbons (Fsp3) is 0.786. The first-order valence-corrected chi connectivity index (χ1v) is 7.82. The molecule has 118 valence electrons. The highest BCUT2D eigenvalue weighted by Crippen LogP contribution is 2.09. The largest absolute Gasteiger partial charge is 0.345 e. The molecule has 21 heavy (non-hydrogen) atoms. The lowest BCUT2D eigenvalue weighted by atomic mass is 10.2. The first kappa shape index (κ1) is 15.6. The maximum absolute atomic E-state index is 12.1. The molecule has 0 saturated heterocycles. The number of carbonyl (C=O) groups excluding carboxylic acids is 1. The number of nitrogens with one attached hydrogen (secondary N) is 2. The van der Waals surface area contributed by atoms with E-state index in [1.54, 1.807) is 4.57 Å². The van der Waals surface area contributed by atoms with E-state index in [1.165, 1.54) is 4.68 Å². The predicted octanol–water partition coefficient (Wildman–Crippen LogP) is 0.869. The SMILES string of the molecule is CCC(C)NC(=O)NCCCn1nc2n(c1=O)CCCC2. The summed E-state index contributed by atoms with van der Waals surface area (Å²) in [7, 11) is 0. The molecule has 0 radical (unpaired) electrons. The summed E-state index contributed by atoms with van der Waals surface area (Å²) < 4.78 is 3.29. The van der Waals surface area contributed by atoms with E-state index in [9.17, 15) is 9.59 Å². The van der Waals surface area contributed by atoms with Crippen LogP contribution >= 0.6 is 0 Å². The second-order valence-corrected chi connectivity index (χ2v) is 5.59. The number of aryl methyl sites for hydroxylation is 2. The molecule has 0 saturated carbocycles. The van der Waals surface area contributed by atoms with Gasteiger partial charge in [-0.1, -0.05) is 6.92 Å². The molecule has 2 N–H and O–H groups in total. The summed E-state index contributed by atoms with van der Waals surface area (Å²) in [5.41, 5.74) is -0.0197. The van der Waals surface area contributed by atoms with Gasteiger partial charge in [-0.2, -0.15) is 5.10 Å². The van der Waals surface area contributed by atoms with Gasteiger partial charge < -0.3 is 10.6 Å². The van der Waals surface area contributed by atoms with Crippen LogP contribution in [-0.2, 0) is 19.5 Å². The number of carbonyl (C=O) groups is 1. The van der Waals surface area contributed by atoms with Crippen LogP contribution in [0.2, 0.25) is 0 Å². The summed E-state index contributed by atoms with van der Waals surface area (Å²) >= 11 is 0. The lowest BCUT2D eigenvalue weighted by Gasteiger charge is -2.12. The number of aromatic nitrogens is 3. The van der Waals surface area contributed by atoms with E-state index in [2.05, 4.69) is 15.7 Å². The number of hydrogen-bond donors (Lipinski definition) is 2. The van der Waals surface area contributed by atoms with Crippen LogP contribution in [-0.4, -0.2) is 33.0 Å². The van der Waals surface area contributed by atoms with Crippen LogP contribution in [0, 0.1) is 0 Å². The van der Waals surface area contributed by atoms with Crippen molar-refractivity contribution >= 4 is 6.03 Å². The Morgan fingerprint density at radius 1 is 1.43 bits per heavy atom. The molecule has 7 nitrogen and oxygen atoms in total. The number of fused-ring (bicyclic) bond motifs is 1. The summed E-state index contributed by atoms with van der Waals surface area (Å²) in [6.07, 6.45) is 4.65. The fourth-order valence-electron chi connectivity index (χ4n) is 2.40. The Balaban J connectivity index is 1.75. The highest BCUT2D eigenvalue weighted by Gasteiger charge is 2.16. The summed E-state index contributed by atoms with van der Waals surface area (Å²) in [6.45, 7) is 5.86. The third-order valence-corrected chi connectivity index (χ3v) is 3.85. The number of urea groups is 1. The average molecular weight is 295 g/mol. The van der Waals surface area contributed by atoms with E-state index in [0.29, 0.717) is 19.5 Å². The number of amides is 2. The van der Waals surface area contributed by atoms with E-state index < -0.39 is 0 Å². The van der Waals surface area contributed by atoms with Gasteiger partial charge >= 0.3 is 11.7 Å². The zero-order valence-electron chi connectivity index (χ0n) is 12.9. The van der Waals surface area contributed by atoms with E-state index in [-0.39, 0.29) is 17.8 Å². The lowest BCUT2D eigenvalue weighted by Crippen LogP contribution is -2.41. The van der Waals surface area contributed by atoms with Crippen LogP contribution in [0.15, 0.2) is 4.79 Å². The van der Waals surface area contributed by atoms with Gasteiger partial charge in [-0.15, -0.1) is 0 Å². The molecule has 1 aromatic heterocycles. The van der Waals surface area contributed by atoms with E-state index in [4.69, 9.17) is 0 Å². The standard InChI is InChI=1S/C14H25N5O2/c1-3-11(2)16-13(20)15-8-6-10-19-14(21)18-9-5-4-7-12(18)17-19/h11H,3-10H2,1-2H3,(H2,15,16,20). The van der Waals surface area contributed by atoms with Gasteiger partial charge in [-0.3, -0.25) is 4.57 Å². The van der Waals surface area contributed by atoms with Gasteiger partial charge in [0.25, 0.3) is 0 Å². The van der Waals surface area contributed by atoms with Crippen molar-refractivity contribution < 1.29 is 4.79 Å². The van der Waals surface area contributed by atoms with Gasteiger partial charge in [-0.25, -0.2) is 14.3 Å². The van der Waals surface area contributed by atoms with Crippen molar-refractivity contribution in [3.05, 3.63) is 16.3 Å². The van der Waals surface area contributed by atoms with Gasteiger partial charge in [0.05, 0.1) is 0 Å². The highest BCUT2D eigenvalue weighted by atomic mass is 16.2. The number of rotatable bonds is 6. The normalized spacial score (nSPS) is 15.3. The van der Waals surface area contributed by atoms with Crippen LogP contribution < -0.4 is 16.3 Å². The van der Waals surface area contributed by atoms with Gasteiger partial charge in [0.2, 0.25) is 0 Å². The quantitative estimate of drug-likeness (QED) is 0.764. The third-order valence-electron chi connectivity index (χ3n) is 3.85. The Morgan fingerprint density at radius 2 is 2.24 bits per heavy atom. The molecule has 7 heteroatoms. The Hall–Kier alpha value is -1.79. The second kappa shape index (κ2) is 7.28. The smallest absolute Gasteiger partial charge is 0.338 e. The van der Waals surface area contributed by atoms with E-state index >= 15 is 0 Å². The molecular formula is C14H25N5O2. The van der Waals surface area contributed by atoms with E-state index in [0.717, 1.165) is 38.1 Å². The Labute approximate surface area is 124 Å². The maximum Gasteiger partial charge on any atom is 0.345 e. The minimum Gasteiger partial charge on any atom is -0.338 e. The van der Waals surface area contributed by atoms with Crippen molar-refractivity contribution in [1.82, 2.24) is 25.0 Å². The fourth-order valence-corrected chi connectivity index (χ4v) is 2.40. The Morgan fingerprint density at radius 3 is 2.95 bits per heavy atom. The lowest BCUT2D eigenvalue weighted by molar-refractivity contribution is 0.237. The Bertz CT molecular complexity index is 534. The Kier molecular flexibility index (Phi) is 5.41. The predicted molar refractivity (Wildman–Crippen MR) is 80.3 cm³/mol. The van der Waals surface area contributed by atoms with Crippen molar-refractivity contribution in [3.8, 4) is 0 Å². The van der Waals surface area contributed by atoms with E-state index in [1.807, 2.05) is 13.8 Å². The molecular weight excluding hydrogens is 270 g/mol. The molecule has 0 bridgehead atoms. The summed E-state index contributed by atoms with van der Waals surface area (Å²) in [4.78, 5) is 23.6. The molecule has 0 spiro atoms. The molecule has 0 aliphatic carbocycles. The minimum atomic E-state index is -0.152. The van der Waals surface area contributed by atoms with Crippen molar-refractivity contribution in [2.75, 3.05) is 6.54 Å². The average Bonchev–Trinajstić information content (AvgIpc) is 2.80. The zero-order chi connectivity index (χ0) is 15.2. The first-order valence-electron chi connectivity index (χ1n) is 7.82. The first-order chi connectivity index (χ1) is 10.1. The second-order valence-electron chi connectivity index (χ2n) is 5.59. The van der Waals surface area contributed by atoms with Crippen LogP contribution in [0.3, 0.4) is 0 Å². The number of hydrogen-bond acceptors (Lipinski definition) is 3. The third kappa shape index (κ3) is 4.09. The molecule has 0 aromatic carbocycles. The molecule has 0 fully saturated rings. The van der Waals surface area contributed by atoms with Gasteiger partial charge in [0.1, 0.15) is 5.82 Å². The van der Waals surface area contributed by atoms with Gasteiger partial charge in [-0.05, 0) is 32.6 Å². The number of nitrogens with zero attached hydrogens (tertiary/aromatic N) is 3. The molecule has 1 unspecified atom stereocenters. The summed E-state index contributed by atoms with van der Waals surface area (Å²) in [5, 5.41) is 10.0. The van der Waals surface area contributed by atoms with Crippen LogP contribution in [0.4, 0.5) is 4.79 Å². The zero-order valence-corrected chi connectivity index (χ0v) is 12.9. The van der Waals surface area contributed by atoms with Gasteiger partial charge in [0, 0.05) is 32.1 Å². The summed E-state index contributed by atoms with van der Waals surface area (Å²) in [5.74, 6) is 0.897. The molecule has 2 heterocycles. The monoisotopic (exact) mass is 295 g/mol. The van der Waals surface area contributed by atoms with Crippen molar-refractivity contribution in [2.45, 2.75) is 65.1 Å². The van der Waals surface area contributed by atoms with Crippen molar-refractivity contribution in [2.24, 2.45) is 0 Å². The molecule has 2 rings (SSSR count). The van der Waals surface area contributed by atoms with Crippen molar-refractivity contribution in [1.29, 1.82) is 0 Å². The highest BCUT2D eigenvalue weighted by molar-refractivity contribution is 5.74. The maximum atomic E-state index is 12.1.